The molecular formula is C19H14N4O. The van der Waals surface area contributed by atoms with Crippen LogP contribution in [0.4, 0.5) is 0 Å². The molecule has 0 spiro atoms. The van der Waals surface area contributed by atoms with Crippen LogP contribution in [0.25, 0.3) is 22.8 Å². The first kappa shape index (κ1) is 14.1. The predicted molar refractivity (Wildman–Crippen MR) is 91.5 cm³/mol. The van der Waals surface area contributed by atoms with Crippen LogP contribution < -0.4 is 0 Å². The van der Waals surface area contributed by atoms with E-state index in [0.29, 0.717) is 11.1 Å². The Bertz CT molecular complexity index is 858. The number of H-pyrrole nitrogens is 2. The quantitative estimate of drug-likeness (QED) is 0.564. The topological polar surface area (TPSA) is 74.4 Å². The second-order valence-corrected chi connectivity index (χ2v) is 5.36. The molecule has 0 amide bonds. The summed E-state index contributed by atoms with van der Waals surface area (Å²) in [5.41, 5.74) is 3.20. The van der Waals surface area contributed by atoms with Crippen molar-refractivity contribution in [1.82, 2.24) is 19.9 Å². The van der Waals surface area contributed by atoms with Gasteiger partial charge in [-0.2, -0.15) is 0 Å². The van der Waals surface area contributed by atoms with Gasteiger partial charge in [-0.1, -0.05) is 48.5 Å². The second-order valence-electron chi connectivity index (χ2n) is 5.36. The van der Waals surface area contributed by atoms with Gasteiger partial charge in [0.05, 0.1) is 0 Å². The summed E-state index contributed by atoms with van der Waals surface area (Å²) in [4.78, 5) is 27.1. The fraction of sp³-hybridized carbons (Fsp3) is 0. The lowest BCUT2D eigenvalue weighted by molar-refractivity contribution is 0.103. The smallest absolute Gasteiger partial charge is 0.193 e. The Morgan fingerprint density at radius 3 is 1.42 bits per heavy atom. The highest BCUT2D eigenvalue weighted by molar-refractivity contribution is 6.09. The van der Waals surface area contributed by atoms with E-state index >= 15 is 0 Å². The minimum atomic E-state index is -0.00742. The molecule has 0 atom stereocenters. The lowest BCUT2D eigenvalue weighted by Crippen LogP contribution is -2.01. The summed E-state index contributed by atoms with van der Waals surface area (Å²) in [5.74, 6) is 1.57. The molecule has 116 valence electrons. The highest BCUT2D eigenvalue weighted by Gasteiger charge is 2.10. The van der Waals surface area contributed by atoms with Crippen LogP contribution in [-0.2, 0) is 0 Å². The zero-order chi connectivity index (χ0) is 16.4. The van der Waals surface area contributed by atoms with Crippen LogP contribution in [0.5, 0.6) is 0 Å². The van der Waals surface area contributed by atoms with E-state index in [1.165, 1.54) is 0 Å². The molecule has 2 N–H and O–H groups in total. The molecule has 4 aromatic rings. The molecule has 0 saturated heterocycles. The SMILES string of the molecule is O=C(c1ccc(-c2ncc[nH]2)cc1)c1ccc(-c2ncc[nH]2)cc1. The zero-order valence-corrected chi connectivity index (χ0v) is 12.7. The number of aromatic nitrogens is 4. The van der Waals surface area contributed by atoms with Crippen molar-refractivity contribution in [2.45, 2.75) is 0 Å². The molecule has 2 aromatic heterocycles. The third kappa shape index (κ3) is 2.63. The Hall–Kier alpha value is -3.47. The van der Waals surface area contributed by atoms with E-state index < -0.39 is 0 Å². The normalized spacial score (nSPS) is 10.7. The first-order chi connectivity index (χ1) is 11.8. The lowest BCUT2D eigenvalue weighted by atomic mass is 10.0. The van der Waals surface area contributed by atoms with Crippen LogP contribution in [0.1, 0.15) is 15.9 Å². The summed E-state index contributed by atoms with van der Waals surface area (Å²) in [6, 6.07) is 14.8. The molecule has 0 aliphatic rings. The van der Waals surface area contributed by atoms with Crippen molar-refractivity contribution in [2.75, 3.05) is 0 Å². The Morgan fingerprint density at radius 1 is 0.667 bits per heavy atom. The van der Waals surface area contributed by atoms with Gasteiger partial charge in [0, 0.05) is 47.0 Å². The van der Waals surface area contributed by atoms with Crippen molar-refractivity contribution in [3.05, 3.63) is 84.4 Å². The number of aromatic amines is 2. The van der Waals surface area contributed by atoms with Crippen molar-refractivity contribution < 1.29 is 4.79 Å². The summed E-state index contributed by atoms with van der Waals surface area (Å²) in [6.45, 7) is 0. The van der Waals surface area contributed by atoms with E-state index in [-0.39, 0.29) is 5.78 Å². The molecule has 4 rings (SSSR count). The zero-order valence-electron chi connectivity index (χ0n) is 12.7. The van der Waals surface area contributed by atoms with Crippen LogP contribution in [0, 0.1) is 0 Å². The van der Waals surface area contributed by atoms with E-state index in [0.717, 1.165) is 22.8 Å². The van der Waals surface area contributed by atoms with Gasteiger partial charge in [-0.25, -0.2) is 9.97 Å². The highest BCUT2D eigenvalue weighted by atomic mass is 16.1. The molecule has 5 nitrogen and oxygen atoms in total. The number of ketones is 1. The van der Waals surface area contributed by atoms with Gasteiger partial charge in [0.15, 0.2) is 5.78 Å². The molecule has 0 bridgehead atoms. The molecule has 2 heterocycles. The molecule has 2 aromatic carbocycles. The van der Waals surface area contributed by atoms with E-state index in [1.54, 1.807) is 24.8 Å². The number of carbonyl (C=O) groups excluding carboxylic acids is 1. The van der Waals surface area contributed by atoms with Crippen LogP contribution >= 0.6 is 0 Å². The van der Waals surface area contributed by atoms with E-state index in [2.05, 4.69) is 19.9 Å². The summed E-state index contributed by atoms with van der Waals surface area (Å²) < 4.78 is 0. The minimum absolute atomic E-state index is 0.00742. The van der Waals surface area contributed by atoms with Crippen LogP contribution in [0.3, 0.4) is 0 Å². The van der Waals surface area contributed by atoms with Gasteiger partial charge >= 0.3 is 0 Å². The van der Waals surface area contributed by atoms with E-state index in [9.17, 15) is 4.79 Å². The largest absolute Gasteiger partial charge is 0.345 e. The third-order valence-corrected chi connectivity index (χ3v) is 3.84. The molecule has 0 saturated carbocycles. The number of imidazole rings is 2. The molecule has 0 aliphatic heterocycles. The fourth-order valence-corrected chi connectivity index (χ4v) is 2.57. The average Bonchev–Trinajstić information content (AvgIpc) is 3.35. The summed E-state index contributed by atoms with van der Waals surface area (Å²) in [6.07, 6.45) is 6.95. The summed E-state index contributed by atoms with van der Waals surface area (Å²) in [5, 5.41) is 0. The monoisotopic (exact) mass is 314 g/mol. The van der Waals surface area contributed by atoms with Crippen molar-refractivity contribution in [1.29, 1.82) is 0 Å². The number of nitrogens with zero attached hydrogens (tertiary/aromatic N) is 2. The highest BCUT2D eigenvalue weighted by Crippen LogP contribution is 2.19. The molecule has 0 aliphatic carbocycles. The fourth-order valence-electron chi connectivity index (χ4n) is 2.57. The summed E-state index contributed by atoms with van der Waals surface area (Å²) in [7, 11) is 0. The standard InChI is InChI=1S/C19H14N4O/c24-17(13-1-5-15(6-2-13)18-20-9-10-21-18)14-3-7-16(8-4-14)19-22-11-12-23-19/h1-12H,(H,20,21)(H,22,23). The predicted octanol–water partition coefficient (Wildman–Crippen LogP) is 3.70. The van der Waals surface area contributed by atoms with Gasteiger partial charge < -0.3 is 9.97 Å². The number of benzene rings is 2. The van der Waals surface area contributed by atoms with Crippen LogP contribution in [0.2, 0.25) is 0 Å². The molecule has 0 fully saturated rings. The number of hydrogen-bond acceptors (Lipinski definition) is 3. The van der Waals surface area contributed by atoms with Crippen molar-refractivity contribution in [3.8, 4) is 22.8 Å². The number of hydrogen-bond donors (Lipinski definition) is 2. The van der Waals surface area contributed by atoms with Gasteiger partial charge in [0.25, 0.3) is 0 Å². The van der Waals surface area contributed by atoms with Gasteiger partial charge in [-0.05, 0) is 0 Å². The maximum absolute atomic E-state index is 12.6. The van der Waals surface area contributed by atoms with Gasteiger partial charge in [0.1, 0.15) is 11.6 Å². The molecular weight excluding hydrogens is 300 g/mol. The van der Waals surface area contributed by atoms with Crippen molar-refractivity contribution in [3.63, 3.8) is 0 Å². The van der Waals surface area contributed by atoms with Gasteiger partial charge in [-0.3, -0.25) is 4.79 Å². The first-order valence-electron chi connectivity index (χ1n) is 7.55. The van der Waals surface area contributed by atoms with Crippen LogP contribution in [0.15, 0.2) is 73.3 Å². The van der Waals surface area contributed by atoms with Crippen molar-refractivity contribution in [2.24, 2.45) is 0 Å². The lowest BCUT2D eigenvalue weighted by Gasteiger charge is -2.04. The van der Waals surface area contributed by atoms with Gasteiger partial charge in [0.2, 0.25) is 0 Å². The second kappa shape index (κ2) is 5.96. The minimum Gasteiger partial charge on any atom is -0.345 e. The summed E-state index contributed by atoms with van der Waals surface area (Å²) >= 11 is 0. The average molecular weight is 314 g/mol. The maximum atomic E-state index is 12.6. The van der Waals surface area contributed by atoms with Crippen LogP contribution in [-0.4, -0.2) is 25.7 Å². The van der Waals surface area contributed by atoms with E-state index in [1.807, 2.05) is 48.5 Å². The van der Waals surface area contributed by atoms with E-state index in [4.69, 9.17) is 0 Å². The Kier molecular flexibility index (Phi) is 3.51. The number of nitrogens with one attached hydrogen (secondary N) is 2. The Labute approximate surface area is 138 Å². The van der Waals surface area contributed by atoms with Crippen molar-refractivity contribution >= 4 is 5.78 Å². The molecule has 0 unspecified atom stereocenters. The Morgan fingerprint density at radius 2 is 1.08 bits per heavy atom. The maximum Gasteiger partial charge on any atom is 0.193 e. The molecule has 24 heavy (non-hydrogen) atoms. The number of rotatable bonds is 4. The third-order valence-electron chi connectivity index (χ3n) is 3.84. The molecule has 0 radical (unpaired) electrons. The Balaban J connectivity index is 1.57. The molecule has 5 heteroatoms. The first-order valence-corrected chi connectivity index (χ1v) is 7.55. The number of carbonyl (C=O) groups is 1. The van der Waals surface area contributed by atoms with Gasteiger partial charge in [-0.15, -0.1) is 0 Å².